The molecule has 0 aliphatic carbocycles. The van der Waals surface area contributed by atoms with E-state index in [-0.39, 0.29) is 0 Å². The van der Waals surface area contributed by atoms with Gasteiger partial charge >= 0.3 is 12.1 Å². The van der Waals surface area contributed by atoms with Crippen molar-refractivity contribution in [2.75, 3.05) is 6.54 Å². The molecule has 1 aliphatic rings. The average molecular weight is 181 g/mol. The van der Waals surface area contributed by atoms with E-state index in [1.807, 2.05) is 19.1 Å². The average Bonchev–Trinajstić information content (AvgIpc) is 2.42. The zero-order valence-corrected chi connectivity index (χ0v) is 7.43. The molecule has 0 aromatic carbocycles. The Morgan fingerprint density at radius 3 is 2.46 bits per heavy atom. The number of hydrogen-bond acceptors (Lipinski definition) is 2. The van der Waals surface area contributed by atoms with Crippen molar-refractivity contribution < 1.29 is 9.59 Å². The lowest BCUT2D eigenvalue weighted by molar-refractivity contribution is 0.205. The van der Waals surface area contributed by atoms with E-state index >= 15 is 0 Å². The summed E-state index contributed by atoms with van der Waals surface area (Å²) in [4.78, 5) is 22.8. The number of unbranched alkanes of at least 4 members (excludes halogenated alkanes) is 1. The molecule has 0 bridgehead atoms. The third-order valence-corrected chi connectivity index (χ3v) is 1.67. The van der Waals surface area contributed by atoms with Gasteiger partial charge in [-0.05, 0) is 19.8 Å². The highest BCUT2D eigenvalue weighted by Gasteiger charge is 2.25. The summed E-state index contributed by atoms with van der Waals surface area (Å²) < 4.78 is 0. The molecule has 0 N–H and O–H groups in total. The maximum Gasteiger partial charge on any atom is 0.370 e. The van der Waals surface area contributed by atoms with E-state index in [0.717, 1.165) is 17.7 Å². The number of imide groups is 1. The molecule has 5 nitrogen and oxygen atoms in total. The van der Waals surface area contributed by atoms with Crippen molar-refractivity contribution in [3.05, 3.63) is 12.2 Å². The first-order chi connectivity index (χ1) is 6.25. The van der Waals surface area contributed by atoms with Crippen LogP contribution in [-0.2, 0) is 0 Å². The second-order valence-corrected chi connectivity index (χ2v) is 2.63. The van der Waals surface area contributed by atoms with Crippen LogP contribution in [0.5, 0.6) is 0 Å². The van der Waals surface area contributed by atoms with E-state index < -0.39 is 12.1 Å². The summed E-state index contributed by atoms with van der Waals surface area (Å²) in [5.41, 5.74) is 0. The lowest BCUT2D eigenvalue weighted by Gasteiger charge is -2.08. The third kappa shape index (κ3) is 2.47. The normalized spacial score (nSPS) is 16.5. The van der Waals surface area contributed by atoms with Crippen molar-refractivity contribution in [3.63, 3.8) is 0 Å². The van der Waals surface area contributed by atoms with Crippen LogP contribution in [0, 0.1) is 0 Å². The molecule has 0 saturated heterocycles. The van der Waals surface area contributed by atoms with Gasteiger partial charge in [-0.15, -0.1) is 0 Å². The minimum atomic E-state index is -0.550. The Morgan fingerprint density at radius 1 is 1.31 bits per heavy atom. The molecule has 0 radical (unpaired) electrons. The summed E-state index contributed by atoms with van der Waals surface area (Å²) >= 11 is 0. The van der Waals surface area contributed by atoms with Crippen LogP contribution in [0.2, 0.25) is 0 Å². The largest absolute Gasteiger partial charge is 0.370 e. The fourth-order valence-electron chi connectivity index (χ4n) is 1.00. The van der Waals surface area contributed by atoms with E-state index in [1.54, 1.807) is 0 Å². The molecule has 0 spiro atoms. The van der Waals surface area contributed by atoms with E-state index in [0.29, 0.717) is 6.54 Å². The van der Waals surface area contributed by atoms with Crippen molar-refractivity contribution in [2.45, 2.75) is 19.8 Å². The zero-order valence-electron chi connectivity index (χ0n) is 7.43. The Kier molecular flexibility index (Phi) is 3.31. The standard InChI is InChI=1S/C8H11N3O2/c1-2-3-4-5-6-11-7(12)9-10-8(11)13/h2-3H,4-6H2,1H3. The van der Waals surface area contributed by atoms with Crippen LogP contribution < -0.4 is 0 Å². The van der Waals surface area contributed by atoms with Crippen molar-refractivity contribution in [1.82, 2.24) is 4.90 Å². The fourth-order valence-corrected chi connectivity index (χ4v) is 1.00. The molecule has 0 aromatic rings. The number of nitrogens with zero attached hydrogens (tertiary/aromatic N) is 3. The van der Waals surface area contributed by atoms with E-state index in [9.17, 15) is 9.59 Å². The van der Waals surface area contributed by atoms with Gasteiger partial charge in [0.05, 0.1) is 0 Å². The molecule has 5 heteroatoms. The number of allylic oxidation sites excluding steroid dienone is 2. The second-order valence-electron chi connectivity index (χ2n) is 2.63. The van der Waals surface area contributed by atoms with Crippen LogP contribution in [0.3, 0.4) is 0 Å². The van der Waals surface area contributed by atoms with Gasteiger partial charge in [-0.2, -0.15) is 0 Å². The first kappa shape index (κ1) is 9.57. The molecule has 1 rings (SSSR count). The molecular formula is C8H11N3O2. The van der Waals surface area contributed by atoms with Crippen molar-refractivity contribution in [2.24, 2.45) is 10.2 Å². The summed E-state index contributed by atoms with van der Waals surface area (Å²) in [5, 5.41) is 6.28. The molecule has 1 heterocycles. The molecular weight excluding hydrogens is 170 g/mol. The summed E-state index contributed by atoms with van der Waals surface area (Å²) in [5.74, 6) is 0. The quantitative estimate of drug-likeness (QED) is 0.493. The first-order valence-corrected chi connectivity index (χ1v) is 4.14. The van der Waals surface area contributed by atoms with E-state index in [2.05, 4.69) is 10.2 Å². The van der Waals surface area contributed by atoms with Crippen LogP contribution in [0.15, 0.2) is 22.4 Å². The minimum Gasteiger partial charge on any atom is -0.244 e. The van der Waals surface area contributed by atoms with E-state index in [1.165, 1.54) is 0 Å². The zero-order chi connectivity index (χ0) is 9.68. The predicted molar refractivity (Wildman–Crippen MR) is 46.4 cm³/mol. The van der Waals surface area contributed by atoms with Crippen molar-refractivity contribution in [1.29, 1.82) is 0 Å². The smallest absolute Gasteiger partial charge is 0.244 e. The van der Waals surface area contributed by atoms with Crippen LogP contribution in [-0.4, -0.2) is 23.5 Å². The highest BCUT2D eigenvalue weighted by atomic mass is 16.2. The maximum atomic E-state index is 10.9. The Morgan fingerprint density at radius 2 is 1.92 bits per heavy atom. The second kappa shape index (κ2) is 4.49. The minimum absolute atomic E-state index is 0.398. The fraction of sp³-hybridized carbons (Fsp3) is 0.500. The monoisotopic (exact) mass is 181 g/mol. The Hall–Kier alpha value is -1.52. The van der Waals surface area contributed by atoms with Gasteiger partial charge in [0.25, 0.3) is 0 Å². The van der Waals surface area contributed by atoms with Gasteiger partial charge in [0, 0.05) is 6.54 Å². The molecule has 0 saturated carbocycles. The summed E-state index contributed by atoms with van der Waals surface area (Å²) in [6, 6.07) is -1.10. The number of rotatable bonds is 4. The summed E-state index contributed by atoms with van der Waals surface area (Å²) in [6.07, 6.45) is 5.53. The number of carbonyl (C=O) groups is 2. The maximum absolute atomic E-state index is 10.9. The van der Waals surface area contributed by atoms with Crippen LogP contribution in [0.1, 0.15) is 19.8 Å². The van der Waals surface area contributed by atoms with Crippen LogP contribution in [0.4, 0.5) is 9.59 Å². The highest BCUT2D eigenvalue weighted by molar-refractivity contribution is 5.98. The van der Waals surface area contributed by atoms with Crippen LogP contribution >= 0.6 is 0 Å². The van der Waals surface area contributed by atoms with Gasteiger partial charge in [0.2, 0.25) is 0 Å². The Balaban J connectivity index is 2.29. The van der Waals surface area contributed by atoms with Gasteiger partial charge in [0.1, 0.15) is 0 Å². The number of azo groups is 1. The van der Waals surface area contributed by atoms with Crippen molar-refractivity contribution in [3.8, 4) is 0 Å². The molecule has 0 aromatic heterocycles. The lowest BCUT2D eigenvalue weighted by Crippen LogP contribution is -2.28. The number of urea groups is 2. The number of hydrogen-bond donors (Lipinski definition) is 0. The molecule has 70 valence electrons. The molecule has 0 fully saturated rings. The Bertz CT molecular complexity index is 253. The van der Waals surface area contributed by atoms with Gasteiger partial charge in [-0.25, -0.2) is 14.5 Å². The van der Waals surface area contributed by atoms with Crippen molar-refractivity contribution >= 4 is 12.1 Å². The molecule has 0 atom stereocenters. The first-order valence-electron chi connectivity index (χ1n) is 4.14. The summed E-state index contributed by atoms with van der Waals surface area (Å²) in [6.45, 7) is 2.33. The highest BCUT2D eigenvalue weighted by Crippen LogP contribution is 2.08. The topological polar surface area (TPSA) is 62.1 Å². The number of amides is 4. The van der Waals surface area contributed by atoms with E-state index in [4.69, 9.17) is 0 Å². The number of carbonyl (C=O) groups excluding carboxylic acids is 2. The molecule has 4 amide bonds. The Labute approximate surface area is 76.1 Å². The van der Waals surface area contributed by atoms with Gasteiger partial charge in [0.15, 0.2) is 0 Å². The summed E-state index contributed by atoms with van der Waals surface area (Å²) in [7, 11) is 0. The lowest BCUT2D eigenvalue weighted by atomic mass is 10.3. The SMILES string of the molecule is CC=CCCCN1C(=O)N=NC1=O. The van der Waals surface area contributed by atoms with Crippen LogP contribution in [0.25, 0.3) is 0 Å². The predicted octanol–water partition coefficient (Wildman–Crippen LogP) is 2.35. The molecule has 1 aliphatic heterocycles. The van der Waals surface area contributed by atoms with Gasteiger partial charge < -0.3 is 0 Å². The van der Waals surface area contributed by atoms with Gasteiger partial charge in [-0.1, -0.05) is 22.4 Å². The third-order valence-electron chi connectivity index (χ3n) is 1.67. The van der Waals surface area contributed by atoms with Gasteiger partial charge in [-0.3, -0.25) is 0 Å². The molecule has 0 unspecified atom stereocenters. The molecule has 13 heavy (non-hydrogen) atoms.